The van der Waals surface area contributed by atoms with Crippen LogP contribution in [0.3, 0.4) is 0 Å². The molecule has 0 spiro atoms. The maximum atomic E-state index is 13.4. The van der Waals surface area contributed by atoms with Crippen LogP contribution in [0.15, 0.2) is 57.9 Å². The van der Waals surface area contributed by atoms with Gasteiger partial charge in [-0.05, 0) is 37.6 Å². The minimum Gasteiger partial charge on any atom is -0.464 e. The number of hydrogen-bond donors (Lipinski definition) is 0. The summed E-state index contributed by atoms with van der Waals surface area (Å²) in [5.41, 5.74) is 2.80. The van der Waals surface area contributed by atoms with Gasteiger partial charge in [0, 0.05) is 16.7 Å². The van der Waals surface area contributed by atoms with Gasteiger partial charge < -0.3 is 19.2 Å². The molecule has 0 aliphatic rings. The predicted octanol–water partition coefficient (Wildman–Crippen LogP) is 3.77. The number of benzene rings is 2. The van der Waals surface area contributed by atoms with E-state index in [0.29, 0.717) is 28.0 Å². The third-order valence-electron chi connectivity index (χ3n) is 4.26. The number of halogens is 1. The van der Waals surface area contributed by atoms with Crippen LogP contribution in [0.1, 0.15) is 35.3 Å². The Kier molecular flexibility index (Phi) is 8.68. The number of aryl methyl sites for hydroxylation is 1. The van der Waals surface area contributed by atoms with E-state index in [2.05, 4.69) is 15.5 Å². The molecule has 0 N–H and O–H groups in total. The van der Waals surface area contributed by atoms with E-state index in [1.165, 1.54) is 39.7 Å². The molecule has 0 aliphatic carbocycles. The lowest BCUT2D eigenvalue weighted by atomic mass is 9.99. The highest BCUT2D eigenvalue weighted by Crippen LogP contribution is 2.23. The first-order valence-electron chi connectivity index (χ1n) is 9.28. The second kappa shape index (κ2) is 11.4. The fourth-order valence-corrected chi connectivity index (χ4v) is 2.84. The zero-order valence-corrected chi connectivity index (χ0v) is 18.0. The summed E-state index contributed by atoms with van der Waals surface area (Å²) in [5, 5.41) is 11.7. The van der Waals surface area contributed by atoms with E-state index in [-0.39, 0.29) is 11.5 Å². The molecule has 0 radical (unpaired) electrons. The van der Waals surface area contributed by atoms with Crippen LogP contribution in [-0.4, -0.2) is 44.9 Å². The van der Waals surface area contributed by atoms with Crippen molar-refractivity contribution in [1.29, 1.82) is 0 Å². The topological polar surface area (TPSA) is 91.1 Å². The summed E-state index contributed by atoms with van der Waals surface area (Å²) in [7, 11) is 3.99. The molecule has 164 valence electrons. The third-order valence-corrected chi connectivity index (χ3v) is 4.26. The van der Waals surface area contributed by atoms with Crippen molar-refractivity contribution in [3.63, 3.8) is 0 Å². The second-order valence-corrected chi connectivity index (χ2v) is 6.30. The monoisotopic (exact) mass is 429 g/mol. The van der Waals surface area contributed by atoms with E-state index >= 15 is 0 Å². The van der Waals surface area contributed by atoms with Gasteiger partial charge in [-0.1, -0.05) is 39.7 Å². The molecule has 0 fully saturated rings. The summed E-state index contributed by atoms with van der Waals surface area (Å²) >= 11 is 0. The first-order valence-corrected chi connectivity index (χ1v) is 9.28. The lowest BCUT2D eigenvalue weighted by molar-refractivity contribution is -0.132. The van der Waals surface area contributed by atoms with E-state index in [1.54, 1.807) is 44.2 Å². The molecule has 1 unspecified atom stereocenters. The first-order chi connectivity index (χ1) is 14.9. The molecule has 0 bridgehead atoms. The van der Waals surface area contributed by atoms with Crippen LogP contribution in [-0.2, 0) is 24.0 Å². The minimum atomic E-state index is -0.647. The van der Waals surface area contributed by atoms with Crippen molar-refractivity contribution in [3.8, 4) is 0 Å². The quantitative estimate of drug-likeness (QED) is 0.344. The van der Waals surface area contributed by atoms with Crippen molar-refractivity contribution in [2.45, 2.75) is 20.0 Å². The zero-order chi connectivity index (χ0) is 22.8. The Hall–Kier alpha value is -3.75. The minimum absolute atomic E-state index is 0.00333. The second-order valence-electron chi connectivity index (χ2n) is 6.30. The zero-order valence-electron chi connectivity index (χ0n) is 18.0. The van der Waals surface area contributed by atoms with Crippen molar-refractivity contribution in [3.05, 3.63) is 70.5 Å². The molecule has 0 aromatic heterocycles. The highest BCUT2D eigenvalue weighted by molar-refractivity contribution is 6.43. The van der Waals surface area contributed by atoms with Crippen LogP contribution in [0.5, 0.6) is 0 Å². The number of rotatable bonds is 9. The molecule has 0 amide bonds. The van der Waals surface area contributed by atoms with Gasteiger partial charge >= 0.3 is 5.97 Å². The van der Waals surface area contributed by atoms with Crippen LogP contribution in [0.4, 0.5) is 4.39 Å². The maximum Gasteiger partial charge on any atom is 0.360 e. The van der Waals surface area contributed by atoms with Gasteiger partial charge in [0.1, 0.15) is 31.9 Å². The van der Waals surface area contributed by atoms with Gasteiger partial charge in [0.05, 0.1) is 13.3 Å². The van der Waals surface area contributed by atoms with Crippen LogP contribution in [0.25, 0.3) is 0 Å². The average Bonchev–Trinajstić information content (AvgIpc) is 2.76. The molecule has 0 saturated carbocycles. The molecule has 0 aliphatic heterocycles. The normalized spacial score (nSPS) is 13.1. The van der Waals surface area contributed by atoms with Crippen molar-refractivity contribution in [2.24, 2.45) is 15.5 Å². The van der Waals surface area contributed by atoms with Crippen molar-refractivity contribution >= 4 is 23.6 Å². The third kappa shape index (κ3) is 6.11. The summed E-state index contributed by atoms with van der Waals surface area (Å²) in [6.45, 7) is 3.51. The number of esters is 1. The number of oxime groups is 3. The number of ether oxygens (including phenoxy) is 1. The van der Waals surface area contributed by atoms with Crippen molar-refractivity contribution in [1.82, 2.24) is 0 Å². The molecule has 1 atom stereocenters. The van der Waals surface area contributed by atoms with Crippen LogP contribution >= 0.6 is 0 Å². The molecular weight excluding hydrogens is 405 g/mol. The van der Waals surface area contributed by atoms with Gasteiger partial charge in [-0.25, -0.2) is 9.18 Å². The van der Waals surface area contributed by atoms with Crippen molar-refractivity contribution in [2.75, 3.05) is 21.3 Å². The fraction of sp³-hybridized carbons (Fsp3) is 0.273. The van der Waals surface area contributed by atoms with Gasteiger partial charge in [0.25, 0.3) is 0 Å². The number of hydrogen-bond acceptors (Lipinski definition) is 8. The molecule has 9 heteroatoms. The summed E-state index contributed by atoms with van der Waals surface area (Å²) in [5.74, 6) is -0.998. The Balaban J connectivity index is 2.28. The molecule has 2 aromatic rings. The van der Waals surface area contributed by atoms with Crippen LogP contribution in [0, 0.1) is 12.7 Å². The van der Waals surface area contributed by atoms with E-state index in [4.69, 9.17) is 19.2 Å². The van der Waals surface area contributed by atoms with E-state index in [1.807, 2.05) is 0 Å². The van der Waals surface area contributed by atoms with Gasteiger partial charge in [-0.2, -0.15) is 0 Å². The summed E-state index contributed by atoms with van der Waals surface area (Å²) < 4.78 is 18.2. The van der Waals surface area contributed by atoms with Crippen LogP contribution < -0.4 is 0 Å². The van der Waals surface area contributed by atoms with E-state index in [9.17, 15) is 9.18 Å². The van der Waals surface area contributed by atoms with E-state index in [0.717, 1.165) is 0 Å². The maximum absolute atomic E-state index is 13.4. The lowest BCUT2D eigenvalue weighted by Crippen LogP contribution is -2.20. The molecule has 0 heterocycles. The Morgan fingerprint density at radius 1 is 1.03 bits per heavy atom. The van der Waals surface area contributed by atoms with Gasteiger partial charge in [0.2, 0.25) is 0 Å². The average molecular weight is 429 g/mol. The summed E-state index contributed by atoms with van der Waals surface area (Å²) in [6.07, 6.45) is 0.810. The van der Waals surface area contributed by atoms with Crippen LogP contribution in [0.2, 0.25) is 0 Å². The molecule has 2 rings (SSSR count). The predicted molar refractivity (Wildman–Crippen MR) is 115 cm³/mol. The number of carbonyl (C=O) groups is 1. The van der Waals surface area contributed by atoms with Crippen molar-refractivity contribution < 1.29 is 28.4 Å². The Morgan fingerprint density at radius 3 is 2.39 bits per heavy atom. The lowest BCUT2D eigenvalue weighted by Gasteiger charge is -2.15. The largest absolute Gasteiger partial charge is 0.464 e. The fourth-order valence-electron chi connectivity index (χ4n) is 2.84. The Bertz CT molecular complexity index is 1000. The van der Waals surface area contributed by atoms with E-state index < -0.39 is 12.1 Å². The molecule has 31 heavy (non-hydrogen) atoms. The SMILES string of the molecule is CON=C(C=NOC(C)c1ccccc1C(=NOC)C(=O)OC)c1ccc(F)cc1C. The summed E-state index contributed by atoms with van der Waals surface area (Å²) in [4.78, 5) is 27.3. The number of methoxy groups -OCH3 is 1. The molecule has 2 aromatic carbocycles. The standard InChI is InChI=1S/C22H24FN3O5/c1-14-12-16(23)10-11-17(14)20(25-29-4)13-24-31-15(2)18-8-6-7-9-19(18)21(26-30-5)22(27)28-3/h6-13,15H,1-5H3. The van der Waals surface area contributed by atoms with Gasteiger partial charge in [-0.15, -0.1) is 0 Å². The molecule has 8 nitrogen and oxygen atoms in total. The number of carbonyl (C=O) groups excluding carboxylic acids is 1. The first kappa shape index (κ1) is 23.5. The Labute approximate surface area is 179 Å². The van der Waals surface area contributed by atoms with Gasteiger partial charge in [0.15, 0.2) is 5.71 Å². The van der Waals surface area contributed by atoms with Gasteiger partial charge in [-0.3, -0.25) is 0 Å². The number of nitrogens with zero attached hydrogens (tertiary/aromatic N) is 3. The highest BCUT2D eigenvalue weighted by atomic mass is 19.1. The highest BCUT2D eigenvalue weighted by Gasteiger charge is 2.22. The summed E-state index contributed by atoms with van der Waals surface area (Å²) in [6, 6.07) is 11.3. The Morgan fingerprint density at radius 2 is 1.74 bits per heavy atom. The molecular formula is C22H24FN3O5. The molecule has 0 saturated heterocycles. The smallest absolute Gasteiger partial charge is 0.360 e.